The van der Waals surface area contributed by atoms with Crippen LogP contribution in [0.2, 0.25) is 0 Å². The monoisotopic (exact) mass is 226 g/mol. The van der Waals surface area contributed by atoms with Gasteiger partial charge in [-0.1, -0.05) is 0 Å². The fourth-order valence-electron chi connectivity index (χ4n) is 0.870. The second kappa shape index (κ2) is 5.95. The summed E-state index contributed by atoms with van der Waals surface area (Å²) in [5.41, 5.74) is 0. The third-order valence-corrected chi connectivity index (χ3v) is 1.86. The van der Waals surface area contributed by atoms with Gasteiger partial charge >= 0.3 is 5.97 Å². The van der Waals surface area contributed by atoms with E-state index >= 15 is 0 Å². The summed E-state index contributed by atoms with van der Waals surface area (Å²) in [7, 11) is 0. The van der Waals surface area contributed by atoms with Gasteiger partial charge in [0, 0.05) is 0 Å². The van der Waals surface area contributed by atoms with Gasteiger partial charge in [0.15, 0.2) is 6.10 Å². The number of aliphatic hydroxyl groups excluding tert-OH is 6. The van der Waals surface area contributed by atoms with Crippen LogP contribution in [-0.2, 0) is 4.79 Å². The number of carbonyl (C=O) groups is 1. The minimum Gasteiger partial charge on any atom is -0.479 e. The average Bonchev–Trinajstić information content (AvgIpc) is 2.23. The van der Waals surface area contributed by atoms with Gasteiger partial charge in [-0.25, -0.2) is 4.79 Å². The van der Waals surface area contributed by atoms with E-state index in [-0.39, 0.29) is 0 Å². The number of rotatable bonds is 6. The molecule has 0 aromatic heterocycles. The third kappa shape index (κ3) is 3.70. The SMILES string of the molecule is O=C(O)C(O)[C@H](O)[C@@H](O)[C@H](O)[C@H](O)CO. The standard InChI is InChI=1S/C7H14O8/c8-1-2(9)3(10)4(11)5(12)6(13)7(14)15/h2-6,8-13H,1H2,(H,14,15)/t2-,3-,4+,5-,6?/m1/s1. The molecule has 0 bridgehead atoms. The molecule has 5 atom stereocenters. The molecule has 15 heavy (non-hydrogen) atoms. The van der Waals surface area contributed by atoms with Crippen LogP contribution in [0.5, 0.6) is 0 Å². The van der Waals surface area contributed by atoms with Crippen molar-refractivity contribution in [3.05, 3.63) is 0 Å². The Bertz CT molecular complexity index is 207. The van der Waals surface area contributed by atoms with Crippen molar-refractivity contribution >= 4 is 5.97 Å². The molecule has 1 unspecified atom stereocenters. The van der Waals surface area contributed by atoms with Crippen molar-refractivity contribution in [1.29, 1.82) is 0 Å². The van der Waals surface area contributed by atoms with Gasteiger partial charge in [-0.05, 0) is 0 Å². The topological polar surface area (TPSA) is 159 Å². The van der Waals surface area contributed by atoms with Gasteiger partial charge in [-0.15, -0.1) is 0 Å². The molecule has 0 aliphatic carbocycles. The van der Waals surface area contributed by atoms with E-state index in [0.717, 1.165) is 0 Å². The van der Waals surface area contributed by atoms with E-state index < -0.39 is 43.1 Å². The van der Waals surface area contributed by atoms with Crippen LogP contribution in [0.1, 0.15) is 0 Å². The predicted octanol–water partition coefficient (Wildman–Crippen LogP) is -4.13. The minimum absolute atomic E-state index is 0.881. The molecule has 90 valence electrons. The van der Waals surface area contributed by atoms with Crippen LogP contribution in [0, 0.1) is 0 Å². The molecule has 0 saturated heterocycles. The van der Waals surface area contributed by atoms with Crippen LogP contribution < -0.4 is 0 Å². The average molecular weight is 226 g/mol. The normalized spacial score (nSPS) is 21.5. The summed E-state index contributed by atoms with van der Waals surface area (Å²) in [5.74, 6) is -1.78. The fourth-order valence-corrected chi connectivity index (χ4v) is 0.870. The molecule has 0 saturated carbocycles. The maximum absolute atomic E-state index is 10.2. The van der Waals surface area contributed by atoms with Crippen LogP contribution >= 0.6 is 0 Å². The zero-order valence-corrected chi connectivity index (χ0v) is 7.63. The lowest BCUT2D eigenvalue weighted by Gasteiger charge is -2.26. The van der Waals surface area contributed by atoms with E-state index in [4.69, 9.17) is 35.7 Å². The van der Waals surface area contributed by atoms with Gasteiger partial charge in [-0.3, -0.25) is 0 Å². The lowest BCUT2D eigenvalue weighted by atomic mass is 9.99. The first-order valence-electron chi connectivity index (χ1n) is 4.07. The van der Waals surface area contributed by atoms with E-state index in [1.807, 2.05) is 0 Å². The number of hydrogen-bond donors (Lipinski definition) is 7. The number of aliphatic hydroxyl groups is 6. The Hall–Kier alpha value is -0.770. The van der Waals surface area contributed by atoms with Crippen molar-refractivity contribution in [1.82, 2.24) is 0 Å². The summed E-state index contributed by atoms with van der Waals surface area (Å²) in [6.07, 6.45) is -10.2. The molecule has 0 spiro atoms. The summed E-state index contributed by atoms with van der Waals surface area (Å²) in [4.78, 5) is 10.2. The summed E-state index contributed by atoms with van der Waals surface area (Å²) >= 11 is 0. The number of aliphatic carboxylic acids is 1. The van der Waals surface area contributed by atoms with Crippen molar-refractivity contribution in [2.75, 3.05) is 6.61 Å². The van der Waals surface area contributed by atoms with E-state index in [9.17, 15) is 4.79 Å². The molecule has 0 radical (unpaired) electrons. The molecule has 8 heteroatoms. The molecule has 0 fully saturated rings. The Morgan fingerprint density at radius 2 is 1.40 bits per heavy atom. The number of hydrogen-bond acceptors (Lipinski definition) is 7. The van der Waals surface area contributed by atoms with E-state index in [1.165, 1.54) is 0 Å². The lowest BCUT2D eigenvalue weighted by molar-refractivity contribution is -0.169. The van der Waals surface area contributed by atoms with Crippen molar-refractivity contribution < 1.29 is 40.5 Å². The Morgan fingerprint density at radius 3 is 1.73 bits per heavy atom. The van der Waals surface area contributed by atoms with Crippen LogP contribution in [0.3, 0.4) is 0 Å². The van der Waals surface area contributed by atoms with Crippen molar-refractivity contribution in [3.8, 4) is 0 Å². The van der Waals surface area contributed by atoms with Gasteiger partial charge in [0.2, 0.25) is 0 Å². The molecule has 0 aliphatic heterocycles. The van der Waals surface area contributed by atoms with Gasteiger partial charge in [-0.2, -0.15) is 0 Å². The Morgan fingerprint density at radius 1 is 0.933 bits per heavy atom. The molecular weight excluding hydrogens is 212 g/mol. The number of carboxylic acid groups (broad SMARTS) is 1. The molecule has 0 amide bonds. The molecule has 8 nitrogen and oxygen atoms in total. The van der Waals surface area contributed by atoms with E-state index in [1.54, 1.807) is 0 Å². The lowest BCUT2D eigenvalue weighted by Crippen LogP contribution is -2.51. The first kappa shape index (κ1) is 14.2. The Balaban J connectivity index is 4.42. The van der Waals surface area contributed by atoms with Crippen molar-refractivity contribution in [3.63, 3.8) is 0 Å². The summed E-state index contributed by atoms with van der Waals surface area (Å²) in [6.45, 7) is -0.881. The Kier molecular flexibility index (Phi) is 5.65. The Labute approximate surface area is 84.7 Å². The van der Waals surface area contributed by atoms with Gasteiger partial charge < -0.3 is 35.7 Å². The summed E-state index contributed by atoms with van der Waals surface area (Å²) < 4.78 is 0. The van der Waals surface area contributed by atoms with Gasteiger partial charge in [0.25, 0.3) is 0 Å². The second-order valence-electron chi connectivity index (χ2n) is 3.00. The second-order valence-corrected chi connectivity index (χ2v) is 3.00. The van der Waals surface area contributed by atoms with E-state index in [2.05, 4.69) is 0 Å². The highest BCUT2D eigenvalue weighted by atomic mass is 16.4. The molecular formula is C7H14O8. The van der Waals surface area contributed by atoms with Gasteiger partial charge in [0.1, 0.15) is 24.4 Å². The highest BCUT2D eigenvalue weighted by Gasteiger charge is 2.36. The smallest absolute Gasteiger partial charge is 0.335 e. The molecule has 0 aromatic carbocycles. The molecule has 0 aromatic rings. The minimum atomic E-state index is -2.29. The maximum Gasteiger partial charge on any atom is 0.335 e. The molecule has 0 aliphatic rings. The summed E-state index contributed by atoms with van der Waals surface area (Å²) in [6, 6.07) is 0. The van der Waals surface area contributed by atoms with Crippen LogP contribution in [0.25, 0.3) is 0 Å². The molecule has 0 heterocycles. The third-order valence-electron chi connectivity index (χ3n) is 1.86. The predicted molar refractivity (Wildman–Crippen MR) is 44.8 cm³/mol. The first-order valence-corrected chi connectivity index (χ1v) is 4.07. The molecule has 0 rings (SSSR count). The van der Waals surface area contributed by atoms with E-state index in [0.29, 0.717) is 0 Å². The zero-order valence-electron chi connectivity index (χ0n) is 7.63. The summed E-state index contributed by atoms with van der Waals surface area (Å²) in [5, 5.41) is 61.5. The number of carboxylic acids is 1. The van der Waals surface area contributed by atoms with Gasteiger partial charge in [0.05, 0.1) is 6.61 Å². The molecule has 7 N–H and O–H groups in total. The largest absolute Gasteiger partial charge is 0.479 e. The highest BCUT2D eigenvalue weighted by Crippen LogP contribution is 2.08. The highest BCUT2D eigenvalue weighted by molar-refractivity contribution is 5.72. The quantitative estimate of drug-likeness (QED) is 0.240. The van der Waals surface area contributed by atoms with Crippen LogP contribution in [-0.4, -0.2) is 78.8 Å². The fraction of sp³-hybridized carbons (Fsp3) is 0.857. The van der Waals surface area contributed by atoms with Crippen LogP contribution in [0.15, 0.2) is 0 Å². The van der Waals surface area contributed by atoms with Crippen LogP contribution in [0.4, 0.5) is 0 Å². The first-order chi connectivity index (χ1) is 6.82. The van der Waals surface area contributed by atoms with Crippen molar-refractivity contribution in [2.45, 2.75) is 30.5 Å². The van der Waals surface area contributed by atoms with Crippen molar-refractivity contribution in [2.24, 2.45) is 0 Å². The maximum atomic E-state index is 10.2. The zero-order chi connectivity index (χ0) is 12.2.